The summed E-state index contributed by atoms with van der Waals surface area (Å²) < 4.78 is 6.09. The molecule has 5 rings (SSSR count). The Kier molecular flexibility index (Phi) is 4.81. The summed E-state index contributed by atoms with van der Waals surface area (Å²) >= 11 is 7.87. The zero-order chi connectivity index (χ0) is 19.8. The van der Waals surface area contributed by atoms with Crippen LogP contribution in [0.2, 0.25) is 5.02 Å². The fourth-order valence-electron chi connectivity index (χ4n) is 3.67. The Bertz CT molecular complexity index is 1150. The summed E-state index contributed by atoms with van der Waals surface area (Å²) in [6.07, 6.45) is 3.92. The molecule has 0 unspecified atom stereocenters. The number of nitrogens with zero attached hydrogens (tertiary/aromatic N) is 6. The van der Waals surface area contributed by atoms with Crippen molar-refractivity contribution >= 4 is 39.9 Å². The second kappa shape index (κ2) is 7.61. The fraction of sp³-hybridized carbons (Fsp3) is 0.300. The summed E-state index contributed by atoms with van der Waals surface area (Å²) in [4.78, 5) is 11.5. The summed E-state index contributed by atoms with van der Waals surface area (Å²) in [5.74, 6) is 1.49. The molecule has 0 aliphatic carbocycles. The van der Waals surface area contributed by atoms with Crippen molar-refractivity contribution in [3.05, 3.63) is 53.4 Å². The summed E-state index contributed by atoms with van der Waals surface area (Å²) in [7, 11) is 0. The van der Waals surface area contributed by atoms with Gasteiger partial charge in [0.2, 0.25) is 11.1 Å². The highest BCUT2D eigenvalue weighted by molar-refractivity contribution is 7.09. The van der Waals surface area contributed by atoms with Gasteiger partial charge in [-0.15, -0.1) is 5.10 Å². The Balaban J connectivity index is 1.33. The molecule has 0 saturated carbocycles. The zero-order valence-electron chi connectivity index (χ0n) is 15.9. The van der Waals surface area contributed by atoms with Crippen LogP contribution in [0.4, 0.5) is 11.1 Å². The molecule has 4 aromatic rings. The number of fused-ring (bicyclic) bond motifs is 1. The van der Waals surface area contributed by atoms with Gasteiger partial charge in [-0.05, 0) is 38.0 Å². The van der Waals surface area contributed by atoms with Gasteiger partial charge < -0.3 is 10.2 Å². The molecule has 1 aliphatic rings. The van der Waals surface area contributed by atoms with E-state index in [9.17, 15) is 0 Å². The molecule has 4 heterocycles. The molecule has 9 heteroatoms. The predicted octanol–water partition coefficient (Wildman–Crippen LogP) is 4.29. The third-order valence-corrected chi connectivity index (χ3v) is 6.34. The molecule has 29 heavy (non-hydrogen) atoms. The number of rotatable bonds is 4. The van der Waals surface area contributed by atoms with Gasteiger partial charge in [0.05, 0.1) is 0 Å². The van der Waals surface area contributed by atoms with Gasteiger partial charge in [-0.1, -0.05) is 29.8 Å². The third kappa shape index (κ3) is 3.65. The van der Waals surface area contributed by atoms with Gasteiger partial charge in [0, 0.05) is 53.0 Å². The molecule has 0 radical (unpaired) electrons. The van der Waals surface area contributed by atoms with Crippen molar-refractivity contribution in [3.63, 3.8) is 0 Å². The van der Waals surface area contributed by atoms with Gasteiger partial charge in [0.15, 0.2) is 5.65 Å². The van der Waals surface area contributed by atoms with Crippen LogP contribution in [0, 0.1) is 6.92 Å². The summed E-state index contributed by atoms with van der Waals surface area (Å²) in [6.45, 7) is 3.83. The molecule has 0 bridgehead atoms. The van der Waals surface area contributed by atoms with Crippen LogP contribution in [0.3, 0.4) is 0 Å². The maximum atomic E-state index is 6.40. The maximum Gasteiger partial charge on any atom is 0.243 e. The number of nitrogens with one attached hydrogen (secondary N) is 1. The van der Waals surface area contributed by atoms with E-state index < -0.39 is 0 Å². The average molecular weight is 426 g/mol. The van der Waals surface area contributed by atoms with E-state index in [0.29, 0.717) is 17.0 Å². The minimum absolute atomic E-state index is 0.335. The molecule has 1 N–H and O–H groups in total. The van der Waals surface area contributed by atoms with Gasteiger partial charge in [-0.3, -0.25) is 0 Å². The van der Waals surface area contributed by atoms with Crippen LogP contribution < -0.4 is 10.2 Å². The second-order valence-corrected chi connectivity index (χ2v) is 8.27. The number of benzene rings is 1. The first-order chi connectivity index (χ1) is 14.2. The molecule has 1 saturated heterocycles. The smallest absolute Gasteiger partial charge is 0.243 e. The van der Waals surface area contributed by atoms with Crippen LogP contribution >= 0.6 is 23.1 Å². The fourth-order valence-corrected chi connectivity index (χ4v) is 4.63. The average Bonchev–Trinajstić information content (AvgIpc) is 3.34. The molecule has 0 spiro atoms. The molecule has 1 aliphatic heterocycles. The molecule has 3 aromatic heterocycles. The first-order valence-corrected chi connectivity index (χ1v) is 10.7. The van der Waals surface area contributed by atoms with E-state index in [1.807, 2.05) is 49.5 Å². The largest absolute Gasteiger partial charge is 0.350 e. The quantitative estimate of drug-likeness (QED) is 0.526. The lowest BCUT2D eigenvalue weighted by Crippen LogP contribution is -2.39. The van der Waals surface area contributed by atoms with Crippen LogP contribution in [-0.2, 0) is 0 Å². The number of hydrogen-bond acceptors (Lipinski definition) is 7. The Labute approximate surface area is 177 Å². The highest BCUT2D eigenvalue weighted by Crippen LogP contribution is 2.30. The van der Waals surface area contributed by atoms with Crippen LogP contribution in [0.25, 0.3) is 16.8 Å². The van der Waals surface area contributed by atoms with E-state index in [1.165, 1.54) is 11.5 Å². The third-order valence-electron chi connectivity index (χ3n) is 5.14. The van der Waals surface area contributed by atoms with Crippen molar-refractivity contribution in [1.82, 2.24) is 24.0 Å². The summed E-state index contributed by atoms with van der Waals surface area (Å²) in [6, 6.07) is 12.1. The molecule has 0 atom stereocenters. The van der Waals surface area contributed by atoms with E-state index in [2.05, 4.69) is 24.7 Å². The first-order valence-electron chi connectivity index (χ1n) is 9.59. The van der Waals surface area contributed by atoms with Crippen LogP contribution in [0.5, 0.6) is 0 Å². The summed E-state index contributed by atoms with van der Waals surface area (Å²) in [5, 5.41) is 9.84. The highest BCUT2D eigenvalue weighted by atomic mass is 35.5. The standard InChI is InChI=1S/C20H20ClN7S/c1-13-22-20(29-26-13)27-11-8-14(9-12-27)23-19-24-18-16(6-4-10-28(18)25-19)15-5-2-3-7-17(15)21/h2-7,10,14H,8-9,11-12H2,1H3,(H,23,25). The number of hydrogen-bond donors (Lipinski definition) is 1. The molecule has 1 aromatic carbocycles. The Morgan fingerprint density at radius 2 is 1.86 bits per heavy atom. The number of aromatic nitrogens is 5. The van der Waals surface area contributed by atoms with Crippen LogP contribution in [0.15, 0.2) is 42.6 Å². The van der Waals surface area contributed by atoms with Crippen LogP contribution in [0.1, 0.15) is 18.7 Å². The molecule has 148 valence electrons. The van der Waals surface area contributed by atoms with E-state index in [4.69, 9.17) is 16.6 Å². The Morgan fingerprint density at radius 3 is 2.62 bits per heavy atom. The summed E-state index contributed by atoms with van der Waals surface area (Å²) in [5.41, 5.74) is 2.73. The van der Waals surface area contributed by atoms with Gasteiger partial charge in [0.25, 0.3) is 0 Å². The number of aryl methyl sites for hydroxylation is 1. The highest BCUT2D eigenvalue weighted by Gasteiger charge is 2.23. The normalized spacial score (nSPS) is 15.2. The predicted molar refractivity (Wildman–Crippen MR) is 117 cm³/mol. The lowest BCUT2D eigenvalue weighted by Gasteiger charge is -2.31. The van der Waals surface area contributed by atoms with Gasteiger partial charge >= 0.3 is 0 Å². The topological polar surface area (TPSA) is 71.2 Å². The lowest BCUT2D eigenvalue weighted by atomic mass is 10.1. The van der Waals surface area contributed by atoms with Crippen molar-refractivity contribution in [2.45, 2.75) is 25.8 Å². The number of halogens is 1. The van der Waals surface area contributed by atoms with E-state index in [1.54, 1.807) is 4.52 Å². The lowest BCUT2D eigenvalue weighted by molar-refractivity contribution is 0.523. The SMILES string of the molecule is Cc1nsc(N2CCC(Nc3nc4c(-c5ccccc5Cl)cccn4n3)CC2)n1. The minimum Gasteiger partial charge on any atom is -0.350 e. The molecule has 7 nitrogen and oxygen atoms in total. The number of piperidine rings is 1. The van der Waals surface area contributed by atoms with E-state index in [-0.39, 0.29) is 0 Å². The molecular formula is C20H20ClN7S. The number of pyridine rings is 1. The van der Waals surface area contributed by atoms with Gasteiger partial charge in [0.1, 0.15) is 5.82 Å². The maximum absolute atomic E-state index is 6.40. The zero-order valence-corrected chi connectivity index (χ0v) is 17.5. The monoisotopic (exact) mass is 425 g/mol. The van der Waals surface area contributed by atoms with Crippen LogP contribution in [-0.4, -0.2) is 43.1 Å². The second-order valence-electron chi connectivity index (χ2n) is 7.14. The number of anilines is 2. The van der Waals surface area contributed by atoms with Gasteiger partial charge in [-0.2, -0.15) is 9.36 Å². The Morgan fingerprint density at radius 1 is 1.07 bits per heavy atom. The Hall–Kier alpha value is -2.71. The van der Waals surface area contributed by atoms with Crippen molar-refractivity contribution in [1.29, 1.82) is 0 Å². The molecule has 1 fully saturated rings. The van der Waals surface area contributed by atoms with E-state index in [0.717, 1.165) is 53.7 Å². The van der Waals surface area contributed by atoms with Crippen molar-refractivity contribution < 1.29 is 0 Å². The van der Waals surface area contributed by atoms with Crippen molar-refractivity contribution in [2.24, 2.45) is 0 Å². The minimum atomic E-state index is 0.335. The first kappa shape index (κ1) is 18.3. The van der Waals surface area contributed by atoms with Crippen molar-refractivity contribution in [3.8, 4) is 11.1 Å². The van der Waals surface area contributed by atoms with Gasteiger partial charge in [-0.25, -0.2) is 9.50 Å². The molecule has 0 amide bonds. The van der Waals surface area contributed by atoms with Crippen molar-refractivity contribution in [2.75, 3.05) is 23.3 Å². The van der Waals surface area contributed by atoms with E-state index >= 15 is 0 Å². The molecular weight excluding hydrogens is 406 g/mol.